The number of thiocarbonyl (C=S) groups is 1. The molecular formula is C17H22N4O3S2. The lowest BCUT2D eigenvalue weighted by Gasteiger charge is -2.26. The normalized spacial score (nSPS) is 15.8. The van der Waals surface area contributed by atoms with E-state index in [1.807, 2.05) is 29.0 Å². The van der Waals surface area contributed by atoms with Crippen LogP contribution in [0.5, 0.6) is 11.6 Å². The van der Waals surface area contributed by atoms with Crippen molar-refractivity contribution in [3.05, 3.63) is 18.2 Å². The summed E-state index contributed by atoms with van der Waals surface area (Å²) in [6.07, 6.45) is 1.84. The first-order valence-corrected chi connectivity index (χ1v) is 9.96. The van der Waals surface area contributed by atoms with E-state index in [0.717, 1.165) is 43.8 Å². The summed E-state index contributed by atoms with van der Waals surface area (Å²) in [5, 5.41) is 19.8. The number of hydrogen-bond acceptors (Lipinski definition) is 7. The maximum absolute atomic E-state index is 10.8. The van der Waals surface area contributed by atoms with E-state index in [-0.39, 0.29) is 5.88 Å². The van der Waals surface area contributed by atoms with Gasteiger partial charge in [-0.15, -0.1) is 10.2 Å². The number of rotatable bonds is 5. The SMILES string of the molecule is COc1ccc2c(c1)c(N=NC(=S)SC)c(O)n2CCN1CCOCC1. The van der Waals surface area contributed by atoms with E-state index >= 15 is 0 Å². The number of aromatic nitrogens is 1. The lowest BCUT2D eigenvalue weighted by molar-refractivity contribution is 0.0363. The van der Waals surface area contributed by atoms with Crippen molar-refractivity contribution in [3.63, 3.8) is 0 Å². The molecule has 3 rings (SSSR count). The Morgan fingerprint density at radius 1 is 1.35 bits per heavy atom. The predicted octanol–water partition coefficient (Wildman–Crippen LogP) is 3.42. The highest BCUT2D eigenvalue weighted by molar-refractivity contribution is 8.22. The fourth-order valence-electron chi connectivity index (χ4n) is 2.95. The zero-order chi connectivity index (χ0) is 18.5. The Morgan fingerprint density at radius 2 is 2.12 bits per heavy atom. The molecular weight excluding hydrogens is 372 g/mol. The van der Waals surface area contributed by atoms with E-state index in [1.165, 1.54) is 11.8 Å². The Bertz CT molecular complexity index is 816. The van der Waals surface area contributed by atoms with E-state index in [2.05, 4.69) is 15.1 Å². The first kappa shape index (κ1) is 19.1. The summed E-state index contributed by atoms with van der Waals surface area (Å²) in [7, 11) is 1.61. The van der Waals surface area contributed by atoms with E-state index in [1.54, 1.807) is 7.11 Å². The van der Waals surface area contributed by atoms with Gasteiger partial charge in [-0.3, -0.25) is 4.90 Å². The summed E-state index contributed by atoms with van der Waals surface area (Å²) in [5.74, 6) is 0.792. The minimum Gasteiger partial charge on any atom is -0.497 e. The second kappa shape index (κ2) is 8.81. The van der Waals surface area contributed by atoms with Crippen LogP contribution in [0.15, 0.2) is 28.4 Å². The molecule has 1 aliphatic rings. The van der Waals surface area contributed by atoms with Crippen LogP contribution in [0.2, 0.25) is 0 Å². The van der Waals surface area contributed by atoms with Crippen LogP contribution in [-0.4, -0.2) is 65.1 Å². The Labute approximate surface area is 162 Å². The maximum atomic E-state index is 10.8. The molecule has 0 bridgehead atoms. The standard InChI is InChI=1S/C17H22N4O3S2/c1-23-12-3-4-14-13(11-12)15(18-19-17(25)26-2)16(22)21(14)6-5-20-7-9-24-10-8-20/h3-4,11,22H,5-10H2,1-2H3. The van der Waals surface area contributed by atoms with Crippen LogP contribution < -0.4 is 4.74 Å². The number of benzene rings is 1. The van der Waals surface area contributed by atoms with Crippen LogP contribution in [0.4, 0.5) is 5.69 Å². The van der Waals surface area contributed by atoms with Gasteiger partial charge in [-0.25, -0.2) is 0 Å². The molecule has 1 fully saturated rings. The minimum absolute atomic E-state index is 0.0918. The fraction of sp³-hybridized carbons (Fsp3) is 0.471. The summed E-state index contributed by atoms with van der Waals surface area (Å²) < 4.78 is 13.0. The second-order valence-electron chi connectivity index (χ2n) is 5.83. The molecule has 1 N–H and O–H groups in total. The molecule has 9 heteroatoms. The highest BCUT2D eigenvalue weighted by atomic mass is 32.2. The molecule has 0 atom stereocenters. The smallest absolute Gasteiger partial charge is 0.220 e. The third-order valence-corrected chi connectivity index (χ3v) is 5.38. The number of fused-ring (bicyclic) bond motifs is 1. The van der Waals surface area contributed by atoms with Gasteiger partial charge in [0.25, 0.3) is 0 Å². The molecule has 0 unspecified atom stereocenters. The molecule has 0 radical (unpaired) electrons. The quantitative estimate of drug-likeness (QED) is 0.619. The lowest BCUT2D eigenvalue weighted by atomic mass is 10.2. The Balaban J connectivity index is 1.94. The van der Waals surface area contributed by atoms with E-state index in [9.17, 15) is 5.11 Å². The molecule has 0 saturated carbocycles. The van der Waals surface area contributed by atoms with Crippen molar-refractivity contribution in [1.29, 1.82) is 0 Å². The maximum Gasteiger partial charge on any atom is 0.220 e. The molecule has 26 heavy (non-hydrogen) atoms. The number of morpholine rings is 1. The summed E-state index contributed by atoms with van der Waals surface area (Å²) in [5.41, 5.74) is 1.30. The monoisotopic (exact) mass is 394 g/mol. The minimum atomic E-state index is 0.0918. The highest BCUT2D eigenvalue weighted by Crippen LogP contribution is 2.40. The van der Waals surface area contributed by atoms with Gasteiger partial charge in [0.15, 0.2) is 10.0 Å². The summed E-state index contributed by atoms with van der Waals surface area (Å²) in [6.45, 7) is 4.79. The number of nitrogens with zero attached hydrogens (tertiary/aromatic N) is 4. The van der Waals surface area contributed by atoms with Gasteiger partial charge in [0.05, 0.1) is 25.8 Å². The van der Waals surface area contributed by atoms with Crippen molar-refractivity contribution in [2.24, 2.45) is 10.2 Å². The van der Waals surface area contributed by atoms with Crippen molar-refractivity contribution >= 4 is 44.9 Å². The number of azo groups is 1. The second-order valence-corrected chi connectivity index (χ2v) is 7.27. The number of aromatic hydroxyl groups is 1. The Hall–Kier alpha value is -1.68. The molecule has 0 spiro atoms. The van der Waals surface area contributed by atoms with Crippen LogP contribution in [0.25, 0.3) is 10.9 Å². The number of thioether (sulfide) groups is 1. The topological polar surface area (TPSA) is 71.6 Å². The molecule has 1 aromatic heterocycles. The number of hydrogen-bond donors (Lipinski definition) is 1. The van der Waals surface area contributed by atoms with Gasteiger partial charge in [0.1, 0.15) is 5.75 Å². The first-order valence-electron chi connectivity index (χ1n) is 8.33. The summed E-state index contributed by atoms with van der Waals surface area (Å²) >= 11 is 6.42. The largest absolute Gasteiger partial charge is 0.497 e. The van der Waals surface area contributed by atoms with Crippen molar-refractivity contribution in [3.8, 4) is 11.6 Å². The van der Waals surface area contributed by atoms with Crippen LogP contribution in [-0.2, 0) is 11.3 Å². The zero-order valence-corrected chi connectivity index (χ0v) is 16.5. The highest BCUT2D eigenvalue weighted by Gasteiger charge is 2.19. The summed E-state index contributed by atoms with van der Waals surface area (Å²) in [6, 6.07) is 5.66. The van der Waals surface area contributed by atoms with Gasteiger partial charge in [-0.1, -0.05) is 11.8 Å². The first-order chi connectivity index (χ1) is 12.6. The van der Waals surface area contributed by atoms with Crippen LogP contribution in [0.1, 0.15) is 0 Å². The third kappa shape index (κ3) is 4.17. The molecule has 7 nitrogen and oxygen atoms in total. The molecule has 1 saturated heterocycles. The van der Waals surface area contributed by atoms with Gasteiger partial charge in [0.2, 0.25) is 5.88 Å². The van der Waals surface area contributed by atoms with Gasteiger partial charge < -0.3 is 19.1 Å². The van der Waals surface area contributed by atoms with E-state index in [0.29, 0.717) is 22.3 Å². The number of methoxy groups -OCH3 is 1. The molecule has 1 aromatic carbocycles. The van der Waals surface area contributed by atoms with Crippen LogP contribution in [0, 0.1) is 0 Å². The molecule has 2 heterocycles. The fourth-order valence-corrected chi connectivity index (χ4v) is 3.12. The number of ether oxygens (including phenoxy) is 2. The molecule has 1 aliphatic heterocycles. The molecule has 140 valence electrons. The van der Waals surface area contributed by atoms with Crippen molar-refractivity contribution in [2.45, 2.75) is 6.54 Å². The average Bonchev–Trinajstić information content (AvgIpc) is 2.95. The molecule has 0 amide bonds. The van der Waals surface area contributed by atoms with Gasteiger partial charge in [-0.2, -0.15) is 0 Å². The van der Waals surface area contributed by atoms with E-state index in [4.69, 9.17) is 21.7 Å². The van der Waals surface area contributed by atoms with Crippen molar-refractivity contribution < 1.29 is 14.6 Å². The Morgan fingerprint density at radius 3 is 2.81 bits per heavy atom. The van der Waals surface area contributed by atoms with Crippen LogP contribution in [0.3, 0.4) is 0 Å². The third-order valence-electron chi connectivity index (χ3n) is 4.37. The predicted molar refractivity (Wildman–Crippen MR) is 108 cm³/mol. The lowest BCUT2D eigenvalue weighted by Crippen LogP contribution is -2.38. The van der Waals surface area contributed by atoms with Gasteiger partial charge in [0, 0.05) is 31.6 Å². The van der Waals surface area contributed by atoms with Gasteiger partial charge >= 0.3 is 0 Å². The van der Waals surface area contributed by atoms with Crippen molar-refractivity contribution in [2.75, 3.05) is 46.2 Å². The van der Waals surface area contributed by atoms with E-state index < -0.39 is 0 Å². The average molecular weight is 395 g/mol. The van der Waals surface area contributed by atoms with Crippen LogP contribution >= 0.6 is 24.0 Å². The zero-order valence-electron chi connectivity index (χ0n) is 14.8. The van der Waals surface area contributed by atoms with Crippen molar-refractivity contribution in [1.82, 2.24) is 9.47 Å². The Kier molecular flexibility index (Phi) is 6.47. The van der Waals surface area contributed by atoms with Gasteiger partial charge in [-0.05, 0) is 36.7 Å². The molecule has 2 aromatic rings. The summed E-state index contributed by atoms with van der Waals surface area (Å²) in [4.78, 5) is 2.32. The molecule has 0 aliphatic carbocycles.